The van der Waals surface area contributed by atoms with E-state index in [4.69, 9.17) is 11.6 Å². The van der Waals surface area contributed by atoms with Crippen molar-refractivity contribution in [1.82, 2.24) is 4.98 Å². The molecule has 5 nitrogen and oxygen atoms in total. The van der Waals surface area contributed by atoms with Crippen LogP contribution in [0.2, 0.25) is 0 Å². The smallest absolute Gasteiger partial charge is 0.249 e. The van der Waals surface area contributed by atoms with E-state index in [-0.39, 0.29) is 4.86 Å². The van der Waals surface area contributed by atoms with Crippen molar-refractivity contribution < 1.29 is 13.2 Å². The van der Waals surface area contributed by atoms with Gasteiger partial charge in [-0.2, -0.15) is 8.42 Å². The van der Waals surface area contributed by atoms with E-state index in [1.807, 2.05) is 13.0 Å². The zero-order chi connectivity index (χ0) is 17.1. The van der Waals surface area contributed by atoms with Crippen molar-refractivity contribution in [2.24, 2.45) is 5.92 Å². The van der Waals surface area contributed by atoms with Gasteiger partial charge in [0.05, 0.1) is 17.6 Å². The van der Waals surface area contributed by atoms with E-state index in [1.54, 1.807) is 43.4 Å². The molecule has 0 saturated heterocycles. The van der Waals surface area contributed by atoms with Crippen molar-refractivity contribution in [3.8, 4) is 0 Å². The lowest BCUT2D eigenvalue weighted by Gasteiger charge is -2.31. The average Bonchev–Trinajstić information content (AvgIpc) is 2.53. The summed E-state index contributed by atoms with van der Waals surface area (Å²) in [6.45, 7) is 3.59. The highest BCUT2D eigenvalue weighted by atomic mass is 35.5. The number of halogens is 1. The minimum atomic E-state index is -2.47. The fraction of sp³-hybridized carbons (Fsp3) is 0.312. The number of carbonyl (C=O) groups excluding carboxylic acids is 1. The second-order valence-electron chi connectivity index (χ2n) is 5.24. The predicted octanol–water partition coefficient (Wildman–Crippen LogP) is 2.57. The molecule has 0 amide bonds. The van der Waals surface area contributed by atoms with Gasteiger partial charge in [0.2, 0.25) is 15.5 Å². The SMILES string of the molecule is CCC1C(C(=O)Cl)=CC(C)=C(N(C)c2cccnc2)C1=S(=O)=O. The van der Waals surface area contributed by atoms with Gasteiger partial charge in [0.25, 0.3) is 0 Å². The molecule has 1 aliphatic rings. The Balaban J connectivity index is 2.70. The molecule has 1 aromatic rings. The summed E-state index contributed by atoms with van der Waals surface area (Å²) in [6.07, 6.45) is 5.43. The van der Waals surface area contributed by atoms with Crippen molar-refractivity contribution in [1.29, 1.82) is 0 Å². The van der Waals surface area contributed by atoms with Crippen molar-refractivity contribution >= 4 is 37.7 Å². The molecule has 0 aliphatic heterocycles. The quantitative estimate of drug-likeness (QED) is 0.615. The molecule has 1 aromatic heterocycles. The largest absolute Gasteiger partial charge is 0.342 e. The van der Waals surface area contributed by atoms with Crippen molar-refractivity contribution in [3.63, 3.8) is 0 Å². The summed E-state index contributed by atoms with van der Waals surface area (Å²) in [7, 11) is -0.695. The number of anilines is 1. The number of pyridine rings is 1. The van der Waals surface area contributed by atoms with Gasteiger partial charge in [0.1, 0.15) is 4.86 Å². The molecule has 1 aliphatic carbocycles. The van der Waals surface area contributed by atoms with Gasteiger partial charge in [0.15, 0.2) is 0 Å². The van der Waals surface area contributed by atoms with Crippen LogP contribution in [0.3, 0.4) is 0 Å². The molecule has 122 valence electrons. The van der Waals surface area contributed by atoms with E-state index >= 15 is 0 Å². The van der Waals surface area contributed by atoms with Gasteiger partial charge in [-0.25, -0.2) is 0 Å². The Morgan fingerprint density at radius 1 is 1.43 bits per heavy atom. The van der Waals surface area contributed by atoms with Crippen LogP contribution in [-0.4, -0.2) is 30.6 Å². The Kier molecular flexibility index (Phi) is 5.38. The van der Waals surface area contributed by atoms with Crippen molar-refractivity contribution in [2.75, 3.05) is 11.9 Å². The molecule has 2 rings (SSSR count). The van der Waals surface area contributed by atoms with E-state index in [1.165, 1.54) is 0 Å². The summed E-state index contributed by atoms with van der Waals surface area (Å²) in [5.74, 6) is -0.545. The van der Waals surface area contributed by atoms with Crippen LogP contribution in [0, 0.1) is 5.92 Å². The number of nitrogens with zero attached hydrogens (tertiary/aromatic N) is 2. The normalized spacial score (nSPS) is 17.8. The summed E-state index contributed by atoms with van der Waals surface area (Å²) in [6, 6.07) is 3.62. The van der Waals surface area contributed by atoms with Crippen LogP contribution in [0.1, 0.15) is 20.3 Å². The summed E-state index contributed by atoms with van der Waals surface area (Å²) in [5.41, 5.74) is 2.30. The highest BCUT2D eigenvalue weighted by Gasteiger charge is 2.33. The maximum absolute atomic E-state index is 11.9. The topological polar surface area (TPSA) is 67.3 Å². The standard InChI is InChI=1S/C16H17ClN2O3S/c1-4-12-13(16(17)20)8-10(2)14(15(12)23(21)22)19(3)11-6-5-7-18-9-11/h5-9,12H,4H2,1-3H3. The van der Waals surface area contributed by atoms with E-state index in [0.29, 0.717) is 23.3 Å². The molecule has 23 heavy (non-hydrogen) atoms. The minimum absolute atomic E-state index is 0.183. The van der Waals surface area contributed by atoms with Crippen LogP contribution in [0.5, 0.6) is 0 Å². The minimum Gasteiger partial charge on any atom is -0.342 e. The third-order valence-corrected chi connectivity index (χ3v) is 4.91. The first kappa shape index (κ1) is 17.4. The number of aromatic nitrogens is 1. The molecule has 1 unspecified atom stereocenters. The van der Waals surface area contributed by atoms with Gasteiger partial charge < -0.3 is 4.90 Å². The number of rotatable bonds is 4. The average molecular weight is 353 g/mol. The van der Waals surface area contributed by atoms with E-state index in [9.17, 15) is 13.2 Å². The lowest BCUT2D eigenvalue weighted by Crippen LogP contribution is -2.34. The Morgan fingerprint density at radius 3 is 2.61 bits per heavy atom. The highest BCUT2D eigenvalue weighted by Crippen LogP contribution is 2.33. The molecule has 0 saturated carbocycles. The van der Waals surface area contributed by atoms with Gasteiger partial charge in [0, 0.05) is 24.7 Å². The van der Waals surface area contributed by atoms with Crippen LogP contribution < -0.4 is 4.90 Å². The number of allylic oxidation sites excluding steroid dienone is 4. The molecule has 0 radical (unpaired) electrons. The van der Waals surface area contributed by atoms with Gasteiger partial charge in [-0.15, -0.1) is 0 Å². The number of carbonyl (C=O) groups is 1. The third kappa shape index (κ3) is 3.38. The van der Waals surface area contributed by atoms with Crippen molar-refractivity contribution in [2.45, 2.75) is 20.3 Å². The molecule has 0 aromatic carbocycles. The van der Waals surface area contributed by atoms with Crippen molar-refractivity contribution in [3.05, 3.63) is 47.4 Å². The first-order valence-corrected chi connectivity index (χ1v) is 8.56. The Hall–Kier alpha value is -1.92. The summed E-state index contributed by atoms with van der Waals surface area (Å²) in [4.78, 5) is 17.7. The van der Waals surface area contributed by atoms with E-state index < -0.39 is 21.5 Å². The van der Waals surface area contributed by atoms with Gasteiger partial charge in [-0.1, -0.05) is 6.92 Å². The molecule has 0 spiro atoms. The van der Waals surface area contributed by atoms with Crippen LogP contribution in [0.25, 0.3) is 0 Å². The zero-order valence-corrected chi connectivity index (χ0v) is 14.6. The first-order valence-electron chi connectivity index (χ1n) is 7.11. The Morgan fingerprint density at radius 2 is 2.13 bits per heavy atom. The zero-order valence-electron chi connectivity index (χ0n) is 13.1. The third-order valence-electron chi connectivity index (χ3n) is 3.85. The summed E-state index contributed by atoms with van der Waals surface area (Å²) < 4.78 is 23.8. The molecule has 0 N–H and O–H groups in total. The van der Waals surface area contributed by atoms with Crippen LogP contribution >= 0.6 is 11.6 Å². The molecule has 0 bridgehead atoms. The fourth-order valence-electron chi connectivity index (χ4n) is 2.81. The maximum Gasteiger partial charge on any atom is 0.249 e. The molecule has 7 heteroatoms. The molecular weight excluding hydrogens is 336 g/mol. The van der Waals surface area contributed by atoms with Gasteiger partial charge in [-0.05, 0) is 48.7 Å². The lowest BCUT2D eigenvalue weighted by molar-refractivity contribution is -0.108. The number of hydrogen-bond donors (Lipinski definition) is 0. The number of hydrogen-bond acceptors (Lipinski definition) is 5. The molecule has 0 fully saturated rings. The van der Waals surface area contributed by atoms with Gasteiger partial charge >= 0.3 is 0 Å². The molecule has 1 atom stereocenters. The highest BCUT2D eigenvalue weighted by molar-refractivity contribution is 7.73. The van der Waals surface area contributed by atoms with Crippen LogP contribution in [-0.2, 0) is 15.1 Å². The van der Waals surface area contributed by atoms with E-state index in [0.717, 1.165) is 5.69 Å². The second kappa shape index (κ2) is 7.10. The first-order chi connectivity index (χ1) is 10.9. The summed E-state index contributed by atoms with van der Waals surface area (Å²) >= 11 is 5.64. The van der Waals surface area contributed by atoms with Crippen LogP contribution in [0.15, 0.2) is 47.4 Å². The molecular formula is C16H17ClN2O3S. The van der Waals surface area contributed by atoms with Crippen LogP contribution in [0.4, 0.5) is 5.69 Å². The monoisotopic (exact) mass is 352 g/mol. The molecule has 1 heterocycles. The fourth-order valence-corrected chi connectivity index (χ4v) is 3.98. The maximum atomic E-state index is 11.9. The van der Waals surface area contributed by atoms with E-state index in [2.05, 4.69) is 4.98 Å². The predicted molar refractivity (Wildman–Crippen MR) is 92.0 cm³/mol. The lowest BCUT2D eigenvalue weighted by atomic mass is 9.84. The second-order valence-corrected chi connectivity index (χ2v) is 6.49. The Bertz CT molecular complexity index is 818. The summed E-state index contributed by atoms with van der Waals surface area (Å²) in [5, 5.41) is -0.623. The Labute approximate surface area is 141 Å². The van der Waals surface area contributed by atoms with Gasteiger partial charge in [-0.3, -0.25) is 9.78 Å².